The van der Waals surface area contributed by atoms with Crippen molar-refractivity contribution in [2.75, 3.05) is 7.11 Å². The highest BCUT2D eigenvalue weighted by Crippen LogP contribution is 2.60. The highest BCUT2D eigenvalue weighted by molar-refractivity contribution is 5.29. The average molecular weight is 271 g/mol. The molecule has 2 N–H and O–H groups in total. The van der Waals surface area contributed by atoms with E-state index in [1.165, 1.54) is 44.1 Å². The molecule has 0 spiro atoms. The van der Waals surface area contributed by atoms with Gasteiger partial charge in [0.25, 0.3) is 0 Å². The van der Waals surface area contributed by atoms with Crippen molar-refractivity contribution in [1.82, 2.24) is 0 Å². The number of ether oxygens (including phenoxy) is 1. The van der Waals surface area contributed by atoms with Gasteiger partial charge in [-0.3, -0.25) is 0 Å². The Morgan fingerprint density at radius 1 is 1.10 bits per heavy atom. The molecule has 0 aromatic heterocycles. The Hall–Kier alpha value is -1.02. The van der Waals surface area contributed by atoms with Crippen LogP contribution in [0.5, 0.6) is 5.75 Å². The molecule has 4 fully saturated rings. The van der Waals surface area contributed by atoms with Gasteiger partial charge in [0.05, 0.1) is 7.11 Å². The van der Waals surface area contributed by atoms with Crippen LogP contribution in [0, 0.1) is 23.2 Å². The summed E-state index contributed by atoms with van der Waals surface area (Å²) in [5.74, 6) is 3.68. The summed E-state index contributed by atoms with van der Waals surface area (Å²) >= 11 is 0. The minimum absolute atomic E-state index is 0.392. The lowest BCUT2D eigenvalue weighted by molar-refractivity contribution is -0.0714. The third kappa shape index (κ3) is 1.88. The SMILES string of the molecule is COc1ccc(CC23CC4CC(CC(C4)C2N)C3)cc1. The van der Waals surface area contributed by atoms with E-state index in [1.807, 2.05) is 0 Å². The van der Waals surface area contributed by atoms with Crippen molar-refractivity contribution in [1.29, 1.82) is 0 Å². The van der Waals surface area contributed by atoms with E-state index in [2.05, 4.69) is 24.3 Å². The van der Waals surface area contributed by atoms with Crippen molar-refractivity contribution >= 4 is 0 Å². The third-order valence-corrected chi connectivity index (χ3v) is 6.26. The molecule has 4 saturated carbocycles. The van der Waals surface area contributed by atoms with E-state index in [0.717, 1.165) is 23.5 Å². The van der Waals surface area contributed by atoms with Crippen LogP contribution < -0.4 is 10.5 Å². The highest BCUT2D eigenvalue weighted by atomic mass is 16.5. The molecule has 4 bridgehead atoms. The number of hydrogen-bond acceptors (Lipinski definition) is 2. The van der Waals surface area contributed by atoms with Crippen molar-refractivity contribution in [3.8, 4) is 5.75 Å². The first-order valence-corrected chi connectivity index (χ1v) is 8.07. The first kappa shape index (κ1) is 12.7. The number of rotatable bonds is 3. The van der Waals surface area contributed by atoms with Crippen LogP contribution in [-0.2, 0) is 6.42 Å². The minimum atomic E-state index is 0.392. The molecular weight excluding hydrogens is 246 g/mol. The molecule has 20 heavy (non-hydrogen) atoms. The zero-order valence-electron chi connectivity index (χ0n) is 12.3. The Labute approximate surface area is 121 Å². The van der Waals surface area contributed by atoms with Gasteiger partial charge in [-0.2, -0.15) is 0 Å². The van der Waals surface area contributed by atoms with E-state index < -0.39 is 0 Å². The normalized spacial score (nSPS) is 41.9. The highest BCUT2D eigenvalue weighted by Gasteiger charge is 2.55. The predicted molar refractivity (Wildman–Crippen MR) is 80.7 cm³/mol. The van der Waals surface area contributed by atoms with Crippen molar-refractivity contribution < 1.29 is 4.74 Å². The Morgan fingerprint density at radius 2 is 1.75 bits per heavy atom. The van der Waals surface area contributed by atoms with Crippen LogP contribution >= 0.6 is 0 Å². The molecule has 108 valence electrons. The van der Waals surface area contributed by atoms with Gasteiger partial charge in [0.15, 0.2) is 0 Å². The van der Waals surface area contributed by atoms with Gasteiger partial charge in [-0.1, -0.05) is 12.1 Å². The summed E-state index contributed by atoms with van der Waals surface area (Å²) in [5.41, 5.74) is 8.51. The molecule has 1 aromatic rings. The van der Waals surface area contributed by atoms with Crippen molar-refractivity contribution in [2.24, 2.45) is 28.9 Å². The van der Waals surface area contributed by atoms with Crippen molar-refractivity contribution in [2.45, 2.75) is 44.6 Å². The molecule has 0 amide bonds. The number of methoxy groups -OCH3 is 1. The number of nitrogens with two attached hydrogens (primary N) is 1. The van der Waals surface area contributed by atoms with Crippen LogP contribution in [0.4, 0.5) is 0 Å². The maximum Gasteiger partial charge on any atom is 0.118 e. The Bertz CT molecular complexity index is 481. The Morgan fingerprint density at radius 3 is 2.35 bits per heavy atom. The molecule has 2 heteroatoms. The van der Waals surface area contributed by atoms with Crippen LogP contribution in [0.2, 0.25) is 0 Å². The predicted octanol–water partition coefficient (Wildman–Crippen LogP) is 3.39. The molecule has 1 aromatic carbocycles. The molecule has 4 aliphatic carbocycles. The summed E-state index contributed by atoms with van der Waals surface area (Å²) in [4.78, 5) is 0. The van der Waals surface area contributed by atoms with E-state index in [9.17, 15) is 0 Å². The fourth-order valence-corrected chi connectivity index (χ4v) is 5.66. The molecule has 0 saturated heterocycles. The topological polar surface area (TPSA) is 35.2 Å². The molecule has 0 radical (unpaired) electrons. The first-order valence-electron chi connectivity index (χ1n) is 8.07. The second-order valence-corrected chi connectivity index (χ2v) is 7.52. The smallest absolute Gasteiger partial charge is 0.118 e. The largest absolute Gasteiger partial charge is 0.497 e. The average Bonchev–Trinajstić information content (AvgIpc) is 2.44. The standard InChI is InChI=1S/C18H25NO/c1-20-16-4-2-12(3-5-16)9-18-10-13-6-14(11-18)8-15(7-13)17(18)19/h2-5,13-15,17H,6-11,19H2,1H3. The van der Waals surface area contributed by atoms with Crippen molar-refractivity contribution in [3.63, 3.8) is 0 Å². The first-order chi connectivity index (χ1) is 9.68. The fourth-order valence-electron chi connectivity index (χ4n) is 5.66. The molecule has 5 rings (SSSR count). The van der Waals surface area contributed by atoms with Gasteiger partial charge < -0.3 is 10.5 Å². The van der Waals surface area contributed by atoms with Gasteiger partial charge in [0.1, 0.15) is 5.75 Å². The van der Waals surface area contributed by atoms with Crippen LogP contribution in [0.1, 0.15) is 37.7 Å². The van der Waals surface area contributed by atoms with Gasteiger partial charge in [0, 0.05) is 6.04 Å². The second-order valence-electron chi connectivity index (χ2n) is 7.52. The molecule has 2 nitrogen and oxygen atoms in total. The van der Waals surface area contributed by atoms with E-state index in [-0.39, 0.29) is 0 Å². The molecule has 4 aliphatic rings. The maximum absolute atomic E-state index is 6.68. The minimum Gasteiger partial charge on any atom is -0.497 e. The van der Waals surface area contributed by atoms with Gasteiger partial charge in [-0.25, -0.2) is 0 Å². The van der Waals surface area contributed by atoms with Crippen molar-refractivity contribution in [3.05, 3.63) is 29.8 Å². The summed E-state index contributed by atoms with van der Waals surface area (Å²) in [6.07, 6.45) is 8.19. The summed E-state index contributed by atoms with van der Waals surface area (Å²) in [6, 6.07) is 9.05. The number of hydrogen-bond donors (Lipinski definition) is 1. The van der Waals surface area contributed by atoms with E-state index in [1.54, 1.807) is 7.11 Å². The molecular formula is C18H25NO. The molecule has 3 atom stereocenters. The van der Waals surface area contributed by atoms with Gasteiger partial charge in [-0.05, 0) is 79.4 Å². The Kier molecular flexibility index (Phi) is 2.85. The zero-order chi connectivity index (χ0) is 13.7. The lowest BCUT2D eigenvalue weighted by Crippen LogP contribution is -2.60. The maximum atomic E-state index is 6.68. The van der Waals surface area contributed by atoms with Crippen LogP contribution in [-0.4, -0.2) is 13.2 Å². The lowest BCUT2D eigenvalue weighted by atomic mass is 9.46. The second kappa shape index (κ2) is 4.49. The third-order valence-electron chi connectivity index (χ3n) is 6.26. The molecule has 0 aliphatic heterocycles. The van der Waals surface area contributed by atoms with Gasteiger partial charge >= 0.3 is 0 Å². The van der Waals surface area contributed by atoms with Crippen LogP contribution in [0.25, 0.3) is 0 Å². The summed E-state index contributed by atoms with van der Waals surface area (Å²) in [6.45, 7) is 0. The number of benzene rings is 1. The van der Waals surface area contributed by atoms with Gasteiger partial charge in [0.2, 0.25) is 0 Å². The van der Waals surface area contributed by atoms with Gasteiger partial charge in [-0.15, -0.1) is 0 Å². The van der Waals surface area contributed by atoms with E-state index in [4.69, 9.17) is 10.5 Å². The zero-order valence-corrected chi connectivity index (χ0v) is 12.3. The van der Waals surface area contributed by atoms with E-state index >= 15 is 0 Å². The van der Waals surface area contributed by atoms with E-state index in [0.29, 0.717) is 11.5 Å². The monoisotopic (exact) mass is 271 g/mol. The Balaban J connectivity index is 1.60. The van der Waals surface area contributed by atoms with Crippen LogP contribution in [0.3, 0.4) is 0 Å². The molecule has 3 unspecified atom stereocenters. The van der Waals surface area contributed by atoms with Crippen LogP contribution in [0.15, 0.2) is 24.3 Å². The fraction of sp³-hybridized carbons (Fsp3) is 0.667. The summed E-state index contributed by atoms with van der Waals surface area (Å²) in [7, 11) is 1.73. The lowest BCUT2D eigenvalue weighted by Gasteiger charge is -2.60. The quantitative estimate of drug-likeness (QED) is 0.914. The summed E-state index contributed by atoms with van der Waals surface area (Å²) in [5, 5.41) is 0. The molecule has 0 heterocycles. The summed E-state index contributed by atoms with van der Waals surface area (Å²) < 4.78 is 5.26.